The summed E-state index contributed by atoms with van der Waals surface area (Å²) in [5.41, 5.74) is 8.34. The first-order chi connectivity index (χ1) is 15.8. The van der Waals surface area contributed by atoms with E-state index in [9.17, 15) is 9.35 Å². The molecule has 5 heteroatoms. The molecule has 3 aromatic rings. The average Bonchev–Trinajstić information content (AvgIpc) is 2.79. The third-order valence-electron chi connectivity index (χ3n) is 5.81. The molecule has 3 nitrogen and oxygen atoms in total. The van der Waals surface area contributed by atoms with Crippen LogP contribution in [0.2, 0.25) is 5.02 Å². The van der Waals surface area contributed by atoms with E-state index >= 15 is 0 Å². The zero-order chi connectivity index (χ0) is 24.0. The van der Waals surface area contributed by atoms with E-state index < -0.39 is 11.2 Å². The Hall–Kier alpha value is -2.53. The molecular weight excluding hydrogens is 452 g/mol. The molecule has 0 N–H and O–H groups in total. The summed E-state index contributed by atoms with van der Waals surface area (Å²) < 4.78 is 17.3. The highest BCUT2D eigenvalue weighted by Gasteiger charge is 2.12. The quantitative estimate of drug-likeness (QED) is 0.242. The number of halogens is 1. The van der Waals surface area contributed by atoms with Crippen LogP contribution in [0.25, 0.3) is 17.2 Å². The van der Waals surface area contributed by atoms with Gasteiger partial charge in [0.05, 0.1) is 11.3 Å². The van der Waals surface area contributed by atoms with Crippen molar-refractivity contribution in [1.29, 1.82) is 0 Å². The van der Waals surface area contributed by atoms with Crippen molar-refractivity contribution in [3.8, 4) is 16.9 Å². The summed E-state index contributed by atoms with van der Waals surface area (Å²) >= 11 is 5.54. The lowest BCUT2D eigenvalue weighted by Gasteiger charge is -2.16. The normalized spacial score (nSPS) is 12.2. The molecule has 0 amide bonds. The third-order valence-corrected chi connectivity index (χ3v) is 6.92. The topological polar surface area (TPSA) is 49.4 Å². The number of aryl methyl sites for hydroxylation is 1. The van der Waals surface area contributed by atoms with Gasteiger partial charge in [-0.25, -0.2) is 0 Å². The molecule has 0 aliphatic carbocycles. The molecule has 172 valence electrons. The standard InChI is InChI=1S/C28H29ClO3S/c1-19-15-28(27(29)16-24(19)17-30)32-18-23-11-8-13-26(21(23)3)25-12-7-10-22(20(25)2)9-5-6-14-33(4)31/h5,7-13,15-17H,6,14,18H2,1-4H3/b9-5+. The molecule has 1 unspecified atom stereocenters. The summed E-state index contributed by atoms with van der Waals surface area (Å²) in [6.07, 6.45) is 7.53. The van der Waals surface area contributed by atoms with E-state index in [-0.39, 0.29) is 0 Å². The molecular formula is C28H29ClO3S. The van der Waals surface area contributed by atoms with Gasteiger partial charge in [-0.2, -0.15) is 0 Å². The van der Waals surface area contributed by atoms with E-state index in [0.29, 0.717) is 28.7 Å². The Bertz CT molecular complexity index is 1170. The SMILES string of the molecule is Cc1cc(OCc2cccc(-c3cccc(/C=C/CC[S+](C)[O-])c3C)c2C)c(Cl)cc1C=O. The minimum Gasteiger partial charge on any atom is -0.617 e. The number of hydrogen-bond acceptors (Lipinski definition) is 3. The van der Waals surface area contributed by atoms with Crippen LogP contribution in [0, 0.1) is 20.8 Å². The van der Waals surface area contributed by atoms with Crippen molar-refractivity contribution in [1.82, 2.24) is 0 Å². The molecule has 33 heavy (non-hydrogen) atoms. The predicted molar refractivity (Wildman–Crippen MR) is 140 cm³/mol. The van der Waals surface area contributed by atoms with E-state index in [2.05, 4.69) is 56.3 Å². The molecule has 0 radical (unpaired) electrons. The largest absolute Gasteiger partial charge is 0.617 e. The second-order valence-electron chi connectivity index (χ2n) is 8.12. The highest BCUT2D eigenvalue weighted by atomic mass is 35.5. The van der Waals surface area contributed by atoms with Gasteiger partial charge >= 0.3 is 0 Å². The molecule has 0 aromatic heterocycles. The van der Waals surface area contributed by atoms with Gasteiger partial charge in [0.2, 0.25) is 0 Å². The highest BCUT2D eigenvalue weighted by Crippen LogP contribution is 2.32. The smallest absolute Gasteiger partial charge is 0.150 e. The molecule has 0 aliphatic rings. The first kappa shape index (κ1) is 25.1. The van der Waals surface area contributed by atoms with Gasteiger partial charge in [0.15, 0.2) is 0 Å². The lowest BCUT2D eigenvalue weighted by atomic mass is 9.91. The Morgan fingerprint density at radius 2 is 1.70 bits per heavy atom. The Morgan fingerprint density at radius 1 is 1.00 bits per heavy atom. The Kier molecular flexibility index (Phi) is 8.79. The number of aldehydes is 1. The number of carbonyl (C=O) groups is 1. The fourth-order valence-corrected chi connectivity index (χ4v) is 4.46. The molecule has 1 atom stereocenters. The van der Waals surface area contributed by atoms with Crippen molar-refractivity contribution >= 4 is 35.1 Å². The molecule has 0 saturated carbocycles. The van der Waals surface area contributed by atoms with Gasteiger partial charge in [-0.3, -0.25) is 4.79 Å². The van der Waals surface area contributed by atoms with Crippen LogP contribution in [-0.4, -0.2) is 22.8 Å². The maximum Gasteiger partial charge on any atom is 0.150 e. The summed E-state index contributed by atoms with van der Waals surface area (Å²) in [6.45, 7) is 6.48. The van der Waals surface area contributed by atoms with Gasteiger partial charge in [0.1, 0.15) is 24.4 Å². The van der Waals surface area contributed by atoms with Crippen molar-refractivity contribution in [2.75, 3.05) is 12.0 Å². The van der Waals surface area contributed by atoms with Gasteiger partial charge in [0, 0.05) is 12.0 Å². The molecule has 0 saturated heterocycles. The van der Waals surface area contributed by atoms with Crippen LogP contribution in [0.3, 0.4) is 0 Å². The summed E-state index contributed by atoms with van der Waals surface area (Å²) in [7, 11) is 0. The van der Waals surface area contributed by atoms with Gasteiger partial charge < -0.3 is 9.29 Å². The molecule has 0 fully saturated rings. The monoisotopic (exact) mass is 480 g/mol. The van der Waals surface area contributed by atoms with E-state index in [1.807, 2.05) is 13.0 Å². The fraction of sp³-hybridized carbons (Fsp3) is 0.250. The molecule has 3 rings (SSSR count). The summed E-state index contributed by atoms with van der Waals surface area (Å²) in [5.74, 6) is 1.25. The van der Waals surface area contributed by atoms with Crippen molar-refractivity contribution in [2.45, 2.75) is 33.8 Å². The second kappa shape index (κ2) is 11.6. The third kappa shape index (κ3) is 6.29. The maximum absolute atomic E-state index is 11.3. The van der Waals surface area contributed by atoms with E-state index in [1.165, 1.54) is 11.1 Å². The fourth-order valence-electron chi connectivity index (χ4n) is 3.77. The zero-order valence-corrected chi connectivity index (χ0v) is 21.1. The Morgan fingerprint density at radius 3 is 2.39 bits per heavy atom. The zero-order valence-electron chi connectivity index (χ0n) is 19.5. The van der Waals surface area contributed by atoms with Crippen molar-refractivity contribution in [3.63, 3.8) is 0 Å². The molecule has 0 aliphatic heterocycles. The van der Waals surface area contributed by atoms with E-state index in [4.69, 9.17) is 16.3 Å². The van der Waals surface area contributed by atoms with Crippen LogP contribution >= 0.6 is 11.6 Å². The van der Waals surface area contributed by atoms with Crippen LogP contribution in [-0.2, 0) is 17.8 Å². The number of rotatable bonds is 9. The lowest BCUT2D eigenvalue weighted by Crippen LogP contribution is -2.01. The molecule has 0 bridgehead atoms. The minimum atomic E-state index is -0.776. The van der Waals surface area contributed by atoms with Crippen molar-refractivity contribution in [3.05, 3.63) is 93.0 Å². The average molecular weight is 481 g/mol. The first-order valence-corrected chi connectivity index (χ1v) is 13.0. The molecule has 3 aromatic carbocycles. The first-order valence-electron chi connectivity index (χ1n) is 10.8. The number of carbonyl (C=O) groups excluding carboxylic acids is 1. The number of benzene rings is 3. The van der Waals surface area contributed by atoms with Crippen LogP contribution in [0.5, 0.6) is 5.75 Å². The highest BCUT2D eigenvalue weighted by molar-refractivity contribution is 7.90. The van der Waals surface area contributed by atoms with Crippen LogP contribution in [0.4, 0.5) is 0 Å². The van der Waals surface area contributed by atoms with Gasteiger partial charge in [-0.05, 0) is 71.8 Å². The number of ether oxygens (including phenoxy) is 1. The van der Waals surface area contributed by atoms with Crippen LogP contribution in [0.15, 0.2) is 54.6 Å². The molecule has 0 heterocycles. The van der Waals surface area contributed by atoms with Gasteiger partial charge in [-0.15, -0.1) is 0 Å². The van der Waals surface area contributed by atoms with Crippen LogP contribution < -0.4 is 4.74 Å². The van der Waals surface area contributed by atoms with Gasteiger partial charge in [-0.1, -0.05) is 71.3 Å². The maximum atomic E-state index is 11.3. The summed E-state index contributed by atoms with van der Waals surface area (Å²) in [5, 5.41) is 0.429. The van der Waals surface area contributed by atoms with Gasteiger partial charge in [0.25, 0.3) is 0 Å². The van der Waals surface area contributed by atoms with Crippen LogP contribution in [0.1, 0.15) is 44.6 Å². The summed E-state index contributed by atoms with van der Waals surface area (Å²) in [4.78, 5) is 11.1. The number of hydrogen-bond donors (Lipinski definition) is 0. The predicted octanol–water partition coefficient (Wildman–Crippen LogP) is 7.11. The molecule has 0 spiro atoms. The van der Waals surface area contributed by atoms with E-state index in [1.54, 1.807) is 18.4 Å². The Labute approximate surface area is 204 Å². The lowest BCUT2D eigenvalue weighted by molar-refractivity contribution is 0.112. The minimum absolute atomic E-state index is 0.381. The Balaban J connectivity index is 1.84. The summed E-state index contributed by atoms with van der Waals surface area (Å²) in [6, 6.07) is 16.0. The second-order valence-corrected chi connectivity index (χ2v) is 10.1. The van der Waals surface area contributed by atoms with E-state index in [0.717, 1.165) is 40.5 Å². The van der Waals surface area contributed by atoms with Crippen molar-refractivity contribution < 1.29 is 14.1 Å². The van der Waals surface area contributed by atoms with Crippen molar-refractivity contribution in [2.24, 2.45) is 0 Å². The number of allylic oxidation sites excluding steroid dienone is 1.